The van der Waals surface area contributed by atoms with Crippen molar-refractivity contribution < 1.29 is 39.6 Å². The molecule has 1 aromatic rings. The van der Waals surface area contributed by atoms with Crippen LogP contribution < -0.4 is 5.73 Å². The van der Waals surface area contributed by atoms with Crippen molar-refractivity contribution in [1.29, 1.82) is 0 Å². The summed E-state index contributed by atoms with van der Waals surface area (Å²) >= 11 is 0. The summed E-state index contributed by atoms with van der Waals surface area (Å²) in [6.45, 7) is 5.96. The highest BCUT2D eigenvalue weighted by Crippen LogP contribution is 2.52. The van der Waals surface area contributed by atoms with Gasteiger partial charge in [0.1, 0.15) is 22.8 Å². The number of benzene rings is 1. The predicted molar refractivity (Wildman–Crippen MR) is 137 cm³/mol. The van der Waals surface area contributed by atoms with Crippen molar-refractivity contribution >= 4 is 23.3 Å². The number of aliphatic hydroxyl groups is 3. The fraction of sp³-hybridized carbons (Fsp3) is 0.500. The molecule has 0 aliphatic heterocycles. The minimum absolute atomic E-state index is 0.00995. The molecule has 6 N–H and O–H groups in total. The number of hydrogen-bond acceptors (Lipinski definition) is 9. The first-order valence-corrected chi connectivity index (χ1v) is 12.6. The van der Waals surface area contributed by atoms with E-state index < -0.39 is 57.4 Å². The van der Waals surface area contributed by atoms with Gasteiger partial charge in [-0.25, -0.2) is 0 Å². The van der Waals surface area contributed by atoms with Crippen molar-refractivity contribution in [2.45, 2.75) is 57.5 Å². The summed E-state index contributed by atoms with van der Waals surface area (Å²) in [4.78, 5) is 54.1. The summed E-state index contributed by atoms with van der Waals surface area (Å²) in [6, 6.07) is 1.63. The summed E-state index contributed by atoms with van der Waals surface area (Å²) in [5.41, 5.74) is 1.82. The van der Waals surface area contributed by atoms with Gasteiger partial charge in [0, 0.05) is 42.0 Å². The molecular weight excluding hydrogens is 492 g/mol. The molecule has 0 unspecified atom stereocenters. The second-order valence-corrected chi connectivity index (χ2v) is 11.8. The molecule has 0 spiro atoms. The maximum Gasteiger partial charge on any atom is 0.255 e. The van der Waals surface area contributed by atoms with E-state index in [4.69, 9.17) is 5.73 Å². The standard InChI is InChI=1S/C28H34N2O8/c1-27(2,3)16-11-14(17(31)6-7-30(4)5)15-9-12-8-13-10-18(32)21(26(29)37)25(36)28(13,38)24(35)19(12)23(34)20(15)22(16)33/h11-13,32-33,35,38H,6-10H2,1-5H3,(H2,29,37)/t12-,13+,28+/m1/s1. The van der Waals surface area contributed by atoms with E-state index in [9.17, 15) is 39.6 Å². The fourth-order valence-electron chi connectivity index (χ4n) is 5.97. The predicted octanol–water partition coefficient (Wildman–Crippen LogP) is 2.01. The Kier molecular flexibility index (Phi) is 6.56. The second-order valence-electron chi connectivity index (χ2n) is 11.8. The average molecular weight is 527 g/mol. The number of amides is 1. The van der Waals surface area contributed by atoms with E-state index in [1.54, 1.807) is 6.07 Å². The SMILES string of the molecule is CN(C)CCC(=O)c1cc(C(C)(C)C)c(O)c2c1C[C@H]1C[C@H]3CC(O)=C(C(N)=O)C(=O)[C@@]3(O)C(O)=C1C2=O. The van der Waals surface area contributed by atoms with Gasteiger partial charge < -0.3 is 31.1 Å². The summed E-state index contributed by atoms with van der Waals surface area (Å²) in [5, 5.41) is 44.2. The molecule has 3 atom stereocenters. The number of fused-ring (bicyclic) bond motifs is 3. The number of Topliss-reactive ketones (excluding diaryl/α,β-unsaturated/α-hetero) is 3. The van der Waals surface area contributed by atoms with Crippen LogP contribution in [0.4, 0.5) is 0 Å². The van der Waals surface area contributed by atoms with E-state index in [-0.39, 0.29) is 48.4 Å². The van der Waals surface area contributed by atoms with Crippen LogP contribution in [0.2, 0.25) is 0 Å². The Morgan fingerprint density at radius 3 is 2.32 bits per heavy atom. The summed E-state index contributed by atoms with van der Waals surface area (Å²) in [5.74, 6) is -7.06. The Labute approximate surface area is 220 Å². The number of allylic oxidation sites excluding steroid dienone is 2. The Bertz CT molecular complexity index is 1350. The molecule has 10 nitrogen and oxygen atoms in total. The Morgan fingerprint density at radius 1 is 1.13 bits per heavy atom. The van der Waals surface area contributed by atoms with Crippen LogP contribution in [0.1, 0.15) is 71.9 Å². The number of primary amides is 1. The highest BCUT2D eigenvalue weighted by Gasteiger charge is 2.59. The number of aliphatic hydroxyl groups excluding tert-OH is 2. The summed E-state index contributed by atoms with van der Waals surface area (Å²) in [7, 11) is 3.68. The molecule has 4 rings (SSSR count). The Morgan fingerprint density at radius 2 is 1.76 bits per heavy atom. The normalized spacial score (nSPS) is 25.3. The fourth-order valence-corrected chi connectivity index (χ4v) is 5.97. The van der Waals surface area contributed by atoms with Crippen LogP contribution in [0.3, 0.4) is 0 Å². The van der Waals surface area contributed by atoms with Crippen molar-refractivity contribution in [3.63, 3.8) is 0 Å². The van der Waals surface area contributed by atoms with Crippen LogP contribution in [-0.2, 0) is 21.4 Å². The number of hydrogen-bond donors (Lipinski definition) is 5. The van der Waals surface area contributed by atoms with E-state index in [2.05, 4.69) is 0 Å². The third kappa shape index (κ3) is 4.03. The van der Waals surface area contributed by atoms with E-state index in [0.29, 0.717) is 23.2 Å². The lowest BCUT2D eigenvalue weighted by atomic mass is 9.59. The van der Waals surface area contributed by atoms with Crippen LogP contribution in [0.25, 0.3) is 0 Å². The van der Waals surface area contributed by atoms with E-state index in [1.807, 2.05) is 39.8 Å². The van der Waals surface area contributed by atoms with E-state index in [1.165, 1.54) is 0 Å². The zero-order valence-corrected chi connectivity index (χ0v) is 22.2. The molecule has 3 aliphatic carbocycles. The third-order valence-electron chi connectivity index (χ3n) is 7.96. The molecule has 0 radical (unpaired) electrons. The number of nitrogens with zero attached hydrogens (tertiary/aromatic N) is 1. The van der Waals surface area contributed by atoms with Crippen molar-refractivity contribution in [2.24, 2.45) is 17.6 Å². The lowest BCUT2D eigenvalue weighted by molar-refractivity contribution is -0.144. The molecule has 0 heterocycles. The molecule has 0 fully saturated rings. The Hall–Kier alpha value is -3.50. The van der Waals surface area contributed by atoms with Gasteiger partial charge in [-0.2, -0.15) is 0 Å². The smallest absolute Gasteiger partial charge is 0.255 e. The van der Waals surface area contributed by atoms with Crippen molar-refractivity contribution in [2.75, 3.05) is 20.6 Å². The number of aromatic hydroxyl groups is 1. The minimum atomic E-state index is -2.63. The summed E-state index contributed by atoms with van der Waals surface area (Å²) < 4.78 is 0. The monoisotopic (exact) mass is 526 g/mol. The molecule has 10 heteroatoms. The molecule has 3 aliphatic rings. The topological polar surface area (TPSA) is 178 Å². The van der Waals surface area contributed by atoms with Gasteiger partial charge in [0.25, 0.3) is 5.91 Å². The Balaban J connectivity index is 1.93. The molecule has 1 aromatic carbocycles. The molecule has 0 saturated carbocycles. The number of carbonyl (C=O) groups excluding carboxylic acids is 4. The maximum atomic E-state index is 13.9. The molecule has 38 heavy (non-hydrogen) atoms. The zero-order chi connectivity index (χ0) is 28.5. The summed E-state index contributed by atoms with van der Waals surface area (Å²) in [6.07, 6.45) is -0.0181. The maximum absolute atomic E-state index is 13.9. The minimum Gasteiger partial charge on any atom is -0.511 e. The highest BCUT2D eigenvalue weighted by molar-refractivity contribution is 6.24. The van der Waals surface area contributed by atoms with Gasteiger partial charge in [-0.3, -0.25) is 19.2 Å². The number of rotatable bonds is 5. The first-order valence-electron chi connectivity index (χ1n) is 12.6. The first kappa shape index (κ1) is 27.5. The van der Waals surface area contributed by atoms with E-state index >= 15 is 0 Å². The van der Waals surface area contributed by atoms with Crippen LogP contribution >= 0.6 is 0 Å². The quantitative estimate of drug-likeness (QED) is 0.283. The average Bonchev–Trinajstić information content (AvgIpc) is 2.78. The number of nitrogens with two attached hydrogens (primary N) is 1. The van der Waals surface area contributed by atoms with Gasteiger partial charge in [0.05, 0.1) is 5.56 Å². The first-order chi connectivity index (χ1) is 17.5. The number of phenolic OH excluding ortho intramolecular Hbond substituents is 1. The molecule has 0 aromatic heterocycles. The van der Waals surface area contributed by atoms with Crippen LogP contribution in [0, 0.1) is 11.8 Å². The third-order valence-corrected chi connectivity index (χ3v) is 7.96. The van der Waals surface area contributed by atoms with Crippen LogP contribution in [-0.4, -0.2) is 74.8 Å². The van der Waals surface area contributed by atoms with Gasteiger partial charge >= 0.3 is 0 Å². The van der Waals surface area contributed by atoms with Gasteiger partial charge in [0.15, 0.2) is 17.2 Å². The van der Waals surface area contributed by atoms with Crippen molar-refractivity contribution in [1.82, 2.24) is 4.90 Å². The van der Waals surface area contributed by atoms with Crippen molar-refractivity contribution in [3.8, 4) is 5.75 Å². The molecule has 0 bridgehead atoms. The second kappa shape index (κ2) is 9.06. The van der Waals surface area contributed by atoms with Gasteiger partial charge in [-0.05, 0) is 49.9 Å². The van der Waals surface area contributed by atoms with E-state index in [0.717, 1.165) is 0 Å². The molecule has 204 valence electrons. The molecule has 1 amide bonds. The van der Waals surface area contributed by atoms with Crippen LogP contribution in [0.5, 0.6) is 5.75 Å². The van der Waals surface area contributed by atoms with Crippen LogP contribution in [0.15, 0.2) is 28.7 Å². The molecular formula is C28H34N2O8. The van der Waals surface area contributed by atoms with Gasteiger partial charge in [-0.15, -0.1) is 0 Å². The number of phenols is 1. The number of ketones is 3. The largest absolute Gasteiger partial charge is 0.511 e. The molecule has 0 saturated heterocycles. The van der Waals surface area contributed by atoms with Gasteiger partial charge in [-0.1, -0.05) is 20.8 Å². The highest BCUT2D eigenvalue weighted by atomic mass is 16.3. The lowest BCUT2D eigenvalue weighted by Crippen LogP contribution is -2.57. The zero-order valence-electron chi connectivity index (χ0n) is 22.2. The lowest BCUT2D eigenvalue weighted by Gasteiger charge is -2.45. The number of carbonyl (C=O) groups is 4. The van der Waals surface area contributed by atoms with Gasteiger partial charge in [0.2, 0.25) is 5.78 Å². The van der Waals surface area contributed by atoms with Crippen molar-refractivity contribution in [3.05, 3.63) is 51.0 Å².